The van der Waals surface area contributed by atoms with Crippen molar-refractivity contribution < 1.29 is 18.0 Å². The highest BCUT2D eigenvalue weighted by atomic mass is 32.2. The third-order valence-electron chi connectivity index (χ3n) is 4.79. The van der Waals surface area contributed by atoms with Crippen LogP contribution in [0.15, 0.2) is 12.3 Å². The molecule has 1 aromatic heterocycles. The quantitative estimate of drug-likeness (QED) is 0.666. The SMILES string of the molecule is O=C1CCCC(=O)N1CCS(=O)(=O)NCc1nccc(N2CCCCC2)n1. The molecule has 2 saturated heterocycles. The first-order chi connectivity index (χ1) is 12.9. The molecule has 27 heavy (non-hydrogen) atoms. The average molecular weight is 395 g/mol. The molecule has 2 fully saturated rings. The number of imide groups is 1. The molecule has 1 N–H and O–H groups in total. The molecule has 2 amide bonds. The summed E-state index contributed by atoms with van der Waals surface area (Å²) in [6, 6.07) is 1.83. The van der Waals surface area contributed by atoms with Crippen LogP contribution in [0.2, 0.25) is 0 Å². The minimum atomic E-state index is -3.65. The fourth-order valence-electron chi connectivity index (χ4n) is 3.28. The highest BCUT2D eigenvalue weighted by Gasteiger charge is 2.27. The first-order valence-electron chi connectivity index (χ1n) is 9.32. The molecule has 0 radical (unpaired) electrons. The Balaban J connectivity index is 1.54. The van der Waals surface area contributed by atoms with Crippen molar-refractivity contribution in [2.24, 2.45) is 0 Å². The van der Waals surface area contributed by atoms with Crippen molar-refractivity contribution in [3.63, 3.8) is 0 Å². The average Bonchev–Trinajstić information content (AvgIpc) is 2.67. The van der Waals surface area contributed by atoms with Crippen LogP contribution in [0.4, 0.5) is 5.82 Å². The van der Waals surface area contributed by atoms with E-state index in [9.17, 15) is 18.0 Å². The van der Waals surface area contributed by atoms with E-state index >= 15 is 0 Å². The van der Waals surface area contributed by atoms with Crippen LogP contribution in [0.3, 0.4) is 0 Å². The lowest BCUT2D eigenvalue weighted by atomic mass is 10.1. The standard InChI is InChI=1S/C17H25N5O4S/c23-16-5-4-6-17(24)22(16)11-12-27(25,26)19-13-14-18-8-7-15(20-14)21-9-2-1-3-10-21/h7-8,19H,1-6,9-13H2. The maximum atomic E-state index is 12.2. The van der Waals surface area contributed by atoms with Gasteiger partial charge in [-0.2, -0.15) is 0 Å². The van der Waals surface area contributed by atoms with Crippen molar-refractivity contribution >= 4 is 27.7 Å². The van der Waals surface area contributed by atoms with Gasteiger partial charge in [-0.25, -0.2) is 23.1 Å². The summed E-state index contributed by atoms with van der Waals surface area (Å²) in [6.07, 6.45) is 6.21. The molecular weight excluding hydrogens is 370 g/mol. The molecule has 3 rings (SSSR count). The summed E-state index contributed by atoms with van der Waals surface area (Å²) in [7, 11) is -3.65. The van der Waals surface area contributed by atoms with Crippen LogP contribution in [-0.4, -0.2) is 60.5 Å². The monoisotopic (exact) mass is 395 g/mol. The van der Waals surface area contributed by atoms with E-state index in [4.69, 9.17) is 0 Å². The van der Waals surface area contributed by atoms with Gasteiger partial charge in [-0.05, 0) is 31.7 Å². The minimum absolute atomic E-state index is 0.0219. The maximum absolute atomic E-state index is 12.2. The van der Waals surface area contributed by atoms with Gasteiger partial charge in [0.1, 0.15) is 11.6 Å². The molecule has 0 aliphatic carbocycles. The smallest absolute Gasteiger partial charge is 0.229 e. The number of nitrogens with one attached hydrogen (secondary N) is 1. The third-order valence-corrected chi connectivity index (χ3v) is 6.09. The normalized spacial score (nSPS) is 18.8. The molecule has 0 spiro atoms. The van der Waals surface area contributed by atoms with Crippen LogP contribution < -0.4 is 9.62 Å². The second-order valence-corrected chi connectivity index (χ2v) is 8.74. The van der Waals surface area contributed by atoms with Crippen molar-refractivity contribution in [1.82, 2.24) is 19.6 Å². The molecule has 9 nitrogen and oxygen atoms in total. The number of anilines is 1. The van der Waals surface area contributed by atoms with Gasteiger partial charge in [-0.1, -0.05) is 0 Å². The van der Waals surface area contributed by atoms with Crippen LogP contribution in [0, 0.1) is 0 Å². The molecule has 0 bridgehead atoms. The zero-order chi connectivity index (χ0) is 19.3. The first-order valence-corrected chi connectivity index (χ1v) is 11.0. The molecule has 0 saturated carbocycles. The summed E-state index contributed by atoms with van der Waals surface area (Å²) in [5, 5.41) is 0. The fourth-order valence-corrected chi connectivity index (χ4v) is 4.20. The van der Waals surface area contributed by atoms with Gasteiger partial charge in [0.25, 0.3) is 0 Å². The van der Waals surface area contributed by atoms with Gasteiger partial charge in [0, 0.05) is 38.7 Å². The van der Waals surface area contributed by atoms with Crippen molar-refractivity contribution in [3.05, 3.63) is 18.1 Å². The van der Waals surface area contributed by atoms with Gasteiger partial charge in [0.15, 0.2) is 0 Å². The van der Waals surface area contributed by atoms with Gasteiger partial charge in [0.2, 0.25) is 21.8 Å². The Labute approximate surface area is 159 Å². The van der Waals surface area contributed by atoms with E-state index < -0.39 is 10.0 Å². The van der Waals surface area contributed by atoms with Crippen molar-refractivity contribution in [2.45, 2.75) is 45.1 Å². The van der Waals surface area contributed by atoms with Crippen molar-refractivity contribution in [1.29, 1.82) is 0 Å². The molecule has 0 atom stereocenters. The Hall–Kier alpha value is -2.07. The van der Waals surface area contributed by atoms with E-state index in [1.54, 1.807) is 6.20 Å². The van der Waals surface area contributed by atoms with E-state index in [0.717, 1.165) is 36.6 Å². The lowest BCUT2D eigenvalue weighted by Gasteiger charge is -2.27. The Morgan fingerprint density at radius 3 is 2.44 bits per heavy atom. The predicted molar refractivity (Wildman–Crippen MR) is 99.3 cm³/mol. The number of sulfonamides is 1. The maximum Gasteiger partial charge on any atom is 0.229 e. The first kappa shape index (κ1) is 19.7. The predicted octanol–water partition coefficient (Wildman–Crippen LogP) is 0.425. The molecule has 10 heteroatoms. The molecule has 0 aromatic carbocycles. The summed E-state index contributed by atoms with van der Waals surface area (Å²) in [5.41, 5.74) is 0. The van der Waals surface area contributed by atoms with Crippen molar-refractivity contribution in [3.8, 4) is 0 Å². The molecule has 2 aliphatic heterocycles. The number of hydrogen-bond acceptors (Lipinski definition) is 7. The number of amides is 2. The highest BCUT2D eigenvalue weighted by molar-refractivity contribution is 7.89. The number of nitrogens with zero attached hydrogens (tertiary/aromatic N) is 4. The highest BCUT2D eigenvalue weighted by Crippen LogP contribution is 2.17. The zero-order valence-electron chi connectivity index (χ0n) is 15.3. The van der Waals surface area contributed by atoms with Gasteiger partial charge in [0.05, 0.1) is 12.3 Å². The number of likely N-dealkylation sites (tertiary alicyclic amines) is 1. The second kappa shape index (κ2) is 8.75. The Bertz CT molecular complexity index is 776. The topological polar surface area (TPSA) is 113 Å². The number of hydrogen-bond donors (Lipinski definition) is 1. The Morgan fingerprint density at radius 1 is 1.04 bits per heavy atom. The van der Waals surface area contributed by atoms with Crippen molar-refractivity contribution in [2.75, 3.05) is 30.3 Å². The number of carbonyl (C=O) groups excluding carboxylic acids is 2. The van der Waals surface area contributed by atoms with E-state index in [1.165, 1.54) is 6.42 Å². The number of aromatic nitrogens is 2. The zero-order valence-corrected chi connectivity index (χ0v) is 16.1. The summed E-state index contributed by atoms with van der Waals surface area (Å²) in [5.74, 6) is 0.268. The largest absolute Gasteiger partial charge is 0.357 e. The van der Waals surface area contributed by atoms with E-state index in [2.05, 4.69) is 19.6 Å². The minimum Gasteiger partial charge on any atom is -0.357 e. The van der Waals surface area contributed by atoms with Gasteiger partial charge >= 0.3 is 0 Å². The lowest BCUT2D eigenvalue weighted by molar-refractivity contribution is -0.147. The summed E-state index contributed by atoms with van der Waals surface area (Å²) < 4.78 is 26.9. The van der Waals surface area contributed by atoms with Crippen LogP contribution >= 0.6 is 0 Å². The molecule has 2 aliphatic rings. The number of carbonyl (C=O) groups is 2. The Morgan fingerprint density at radius 2 is 1.74 bits per heavy atom. The van der Waals surface area contributed by atoms with Gasteiger partial charge < -0.3 is 4.90 Å². The fraction of sp³-hybridized carbons (Fsp3) is 0.647. The van der Waals surface area contributed by atoms with Crippen LogP contribution in [0.5, 0.6) is 0 Å². The van der Waals surface area contributed by atoms with Crippen LogP contribution in [-0.2, 0) is 26.2 Å². The molecule has 1 aromatic rings. The van der Waals surface area contributed by atoms with Crippen LogP contribution in [0.25, 0.3) is 0 Å². The summed E-state index contributed by atoms with van der Waals surface area (Å²) >= 11 is 0. The molecule has 3 heterocycles. The van der Waals surface area contributed by atoms with E-state index in [-0.39, 0.29) is 43.5 Å². The third kappa shape index (κ3) is 5.46. The number of piperidine rings is 2. The van der Waals surface area contributed by atoms with Gasteiger partial charge in [-0.3, -0.25) is 14.5 Å². The number of rotatable bonds is 7. The molecule has 148 valence electrons. The summed E-state index contributed by atoms with van der Waals surface area (Å²) in [4.78, 5) is 35.3. The molecule has 0 unspecified atom stereocenters. The molecular formula is C17H25N5O4S. The lowest BCUT2D eigenvalue weighted by Crippen LogP contribution is -2.44. The van der Waals surface area contributed by atoms with Crippen LogP contribution in [0.1, 0.15) is 44.3 Å². The van der Waals surface area contributed by atoms with Gasteiger partial charge in [-0.15, -0.1) is 0 Å². The summed E-state index contributed by atoms with van der Waals surface area (Å²) in [6.45, 7) is 1.74. The Kier molecular flexibility index (Phi) is 6.38. The van der Waals surface area contributed by atoms with E-state index in [0.29, 0.717) is 12.2 Å². The second-order valence-electron chi connectivity index (χ2n) is 6.81. The van der Waals surface area contributed by atoms with E-state index in [1.807, 2.05) is 6.07 Å².